The molecule has 0 heteroatoms. The molecule has 20 heavy (non-hydrogen) atoms. The quantitative estimate of drug-likeness (QED) is 0.654. The van der Waals surface area contributed by atoms with Crippen LogP contribution in [0.25, 0.3) is 0 Å². The Kier molecular flexibility index (Phi) is 2.84. The first-order chi connectivity index (χ1) is 9.72. The molecular weight excluding hydrogens is 240 g/mol. The molecule has 5 rings (SSSR count). The van der Waals surface area contributed by atoms with E-state index in [2.05, 4.69) is 43.8 Å². The summed E-state index contributed by atoms with van der Waals surface area (Å²) in [4.78, 5) is 0. The Bertz CT molecular complexity index is 479. The highest BCUT2D eigenvalue weighted by molar-refractivity contribution is 5.34. The SMILES string of the molecule is C=CCC1(c2ccc(C)cc2)C2CC3CC(C2)CC1C3. The van der Waals surface area contributed by atoms with Gasteiger partial charge in [0.05, 0.1) is 0 Å². The largest absolute Gasteiger partial charge is 0.103 e. The molecular formula is C20H26. The van der Waals surface area contributed by atoms with Gasteiger partial charge in [-0.1, -0.05) is 35.9 Å². The zero-order valence-electron chi connectivity index (χ0n) is 12.6. The minimum Gasteiger partial charge on any atom is -0.103 e. The van der Waals surface area contributed by atoms with Gasteiger partial charge in [-0.3, -0.25) is 0 Å². The summed E-state index contributed by atoms with van der Waals surface area (Å²) in [5.41, 5.74) is 3.41. The molecule has 0 aromatic heterocycles. The summed E-state index contributed by atoms with van der Waals surface area (Å²) >= 11 is 0. The van der Waals surface area contributed by atoms with Crippen LogP contribution in [0.4, 0.5) is 0 Å². The molecule has 0 N–H and O–H groups in total. The van der Waals surface area contributed by atoms with E-state index in [0.29, 0.717) is 5.41 Å². The van der Waals surface area contributed by atoms with Gasteiger partial charge in [-0.05, 0) is 74.7 Å². The fraction of sp³-hybridized carbons (Fsp3) is 0.600. The van der Waals surface area contributed by atoms with Crippen LogP contribution in [-0.4, -0.2) is 0 Å². The molecule has 4 saturated carbocycles. The van der Waals surface area contributed by atoms with Gasteiger partial charge in [-0.25, -0.2) is 0 Å². The third-order valence-corrected chi connectivity index (χ3v) is 6.67. The van der Waals surface area contributed by atoms with Crippen molar-refractivity contribution in [1.82, 2.24) is 0 Å². The Morgan fingerprint density at radius 1 is 1.00 bits per heavy atom. The van der Waals surface area contributed by atoms with Gasteiger partial charge >= 0.3 is 0 Å². The lowest BCUT2D eigenvalue weighted by Crippen LogP contribution is -2.55. The Labute approximate surface area is 123 Å². The van der Waals surface area contributed by atoms with E-state index in [9.17, 15) is 0 Å². The molecule has 0 radical (unpaired) electrons. The van der Waals surface area contributed by atoms with Crippen LogP contribution >= 0.6 is 0 Å². The monoisotopic (exact) mass is 266 g/mol. The van der Waals surface area contributed by atoms with Crippen LogP contribution in [-0.2, 0) is 5.41 Å². The summed E-state index contributed by atoms with van der Waals surface area (Å²) in [7, 11) is 0. The van der Waals surface area contributed by atoms with Crippen LogP contribution in [0.3, 0.4) is 0 Å². The molecule has 0 atom stereocenters. The van der Waals surface area contributed by atoms with E-state index in [-0.39, 0.29) is 0 Å². The van der Waals surface area contributed by atoms with E-state index in [1.165, 1.54) is 44.1 Å². The van der Waals surface area contributed by atoms with Crippen molar-refractivity contribution in [2.24, 2.45) is 23.7 Å². The van der Waals surface area contributed by atoms with Crippen molar-refractivity contribution in [2.45, 2.75) is 50.9 Å². The number of hydrogen-bond acceptors (Lipinski definition) is 0. The molecule has 0 spiro atoms. The minimum atomic E-state index is 0.420. The van der Waals surface area contributed by atoms with Crippen LogP contribution < -0.4 is 0 Å². The first-order valence-corrected chi connectivity index (χ1v) is 8.40. The van der Waals surface area contributed by atoms with Gasteiger partial charge in [0, 0.05) is 5.41 Å². The average molecular weight is 266 g/mol. The summed E-state index contributed by atoms with van der Waals surface area (Å²) in [6.07, 6.45) is 10.8. The average Bonchev–Trinajstić information content (AvgIpc) is 2.43. The highest BCUT2D eigenvalue weighted by Gasteiger charge is 2.56. The fourth-order valence-corrected chi connectivity index (χ4v) is 6.05. The van der Waals surface area contributed by atoms with Crippen LogP contribution in [0.15, 0.2) is 36.9 Å². The van der Waals surface area contributed by atoms with E-state index in [1.807, 2.05) is 0 Å². The standard InChI is InChI=1S/C20H26/c1-3-8-20(17-6-4-14(2)5-7-17)18-10-15-9-16(12-18)13-19(20)11-15/h3-7,15-16,18-19H,1,8-13H2,2H3. The summed E-state index contributed by atoms with van der Waals surface area (Å²) in [6, 6.07) is 9.46. The van der Waals surface area contributed by atoms with Gasteiger partial charge in [-0.15, -0.1) is 6.58 Å². The number of aryl methyl sites for hydroxylation is 1. The Balaban J connectivity index is 1.80. The summed E-state index contributed by atoms with van der Waals surface area (Å²) in [5.74, 6) is 3.92. The van der Waals surface area contributed by atoms with E-state index >= 15 is 0 Å². The van der Waals surface area contributed by atoms with Gasteiger partial charge in [0.2, 0.25) is 0 Å². The minimum absolute atomic E-state index is 0.420. The molecule has 0 unspecified atom stereocenters. The van der Waals surface area contributed by atoms with Crippen molar-refractivity contribution in [3.63, 3.8) is 0 Å². The van der Waals surface area contributed by atoms with Crippen molar-refractivity contribution in [3.05, 3.63) is 48.0 Å². The van der Waals surface area contributed by atoms with Crippen molar-refractivity contribution >= 4 is 0 Å². The van der Waals surface area contributed by atoms with Gasteiger partial charge in [-0.2, -0.15) is 0 Å². The van der Waals surface area contributed by atoms with Crippen LogP contribution in [0, 0.1) is 30.6 Å². The van der Waals surface area contributed by atoms with Crippen LogP contribution in [0.5, 0.6) is 0 Å². The molecule has 4 bridgehead atoms. The maximum Gasteiger partial charge on any atom is 0.00442 e. The third-order valence-electron chi connectivity index (χ3n) is 6.67. The lowest BCUT2D eigenvalue weighted by atomic mass is 9.43. The molecule has 4 aliphatic rings. The Hall–Kier alpha value is -1.04. The normalized spacial score (nSPS) is 41.9. The second kappa shape index (κ2) is 4.48. The topological polar surface area (TPSA) is 0 Å². The Morgan fingerprint density at radius 3 is 2.05 bits per heavy atom. The van der Waals surface area contributed by atoms with E-state index in [0.717, 1.165) is 23.7 Å². The number of benzene rings is 1. The molecule has 4 aliphatic carbocycles. The van der Waals surface area contributed by atoms with Gasteiger partial charge in [0.15, 0.2) is 0 Å². The Morgan fingerprint density at radius 2 is 1.55 bits per heavy atom. The van der Waals surface area contributed by atoms with Gasteiger partial charge in [0.25, 0.3) is 0 Å². The molecule has 0 heterocycles. The molecule has 1 aromatic carbocycles. The smallest absolute Gasteiger partial charge is 0.00442 e. The van der Waals surface area contributed by atoms with Crippen molar-refractivity contribution in [1.29, 1.82) is 0 Å². The maximum absolute atomic E-state index is 4.10. The van der Waals surface area contributed by atoms with Gasteiger partial charge < -0.3 is 0 Å². The van der Waals surface area contributed by atoms with E-state index < -0.39 is 0 Å². The van der Waals surface area contributed by atoms with Crippen LogP contribution in [0.1, 0.15) is 49.7 Å². The van der Waals surface area contributed by atoms with E-state index in [1.54, 1.807) is 5.56 Å². The highest BCUT2D eigenvalue weighted by atomic mass is 14.6. The summed E-state index contributed by atoms with van der Waals surface area (Å²) < 4.78 is 0. The fourth-order valence-electron chi connectivity index (χ4n) is 6.05. The highest BCUT2D eigenvalue weighted by Crippen LogP contribution is 2.64. The summed E-state index contributed by atoms with van der Waals surface area (Å²) in [6.45, 7) is 6.30. The molecule has 0 nitrogen and oxygen atoms in total. The molecule has 4 fully saturated rings. The number of rotatable bonds is 3. The third kappa shape index (κ3) is 1.66. The van der Waals surface area contributed by atoms with Crippen molar-refractivity contribution in [2.75, 3.05) is 0 Å². The zero-order valence-corrected chi connectivity index (χ0v) is 12.6. The molecule has 106 valence electrons. The van der Waals surface area contributed by atoms with Crippen LogP contribution in [0.2, 0.25) is 0 Å². The maximum atomic E-state index is 4.10. The first kappa shape index (κ1) is 12.7. The second-order valence-electron chi connectivity index (χ2n) is 7.70. The number of allylic oxidation sites excluding steroid dienone is 1. The van der Waals surface area contributed by atoms with Gasteiger partial charge in [0.1, 0.15) is 0 Å². The molecule has 0 amide bonds. The van der Waals surface area contributed by atoms with E-state index in [4.69, 9.17) is 0 Å². The number of hydrogen-bond donors (Lipinski definition) is 0. The lowest BCUT2D eigenvalue weighted by molar-refractivity contribution is -0.0598. The predicted molar refractivity (Wildman–Crippen MR) is 84.7 cm³/mol. The molecule has 0 saturated heterocycles. The van der Waals surface area contributed by atoms with Crippen molar-refractivity contribution in [3.8, 4) is 0 Å². The predicted octanol–water partition coefficient (Wildman–Crippen LogP) is 5.27. The molecule has 0 aliphatic heterocycles. The second-order valence-corrected chi connectivity index (χ2v) is 7.70. The zero-order chi connectivity index (χ0) is 13.7. The van der Waals surface area contributed by atoms with Crippen molar-refractivity contribution < 1.29 is 0 Å². The molecule has 1 aromatic rings. The first-order valence-electron chi connectivity index (χ1n) is 8.40. The summed E-state index contributed by atoms with van der Waals surface area (Å²) in [5, 5.41) is 0. The lowest BCUT2D eigenvalue weighted by Gasteiger charge is -2.61.